The van der Waals surface area contributed by atoms with Crippen molar-refractivity contribution in [3.8, 4) is 6.07 Å². The van der Waals surface area contributed by atoms with Gasteiger partial charge in [0, 0.05) is 19.0 Å². The van der Waals surface area contributed by atoms with E-state index in [1.54, 1.807) is 0 Å². The summed E-state index contributed by atoms with van der Waals surface area (Å²) in [5, 5.41) is 9.19. The number of benzene rings is 1. The monoisotopic (exact) mass is 240 g/mol. The fourth-order valence-electron chi connectivity index (χ4n) is 3.31. The molecule has 92 valence electrons. The maximum atomic E-state index is 12.0. The summed E-state index contributed by atoms with van der Waals surface area (Å²) in [6.45, 7) is 0.792. The summed E-state index contributed by atoms with van der Waals surface area (Å²) in [6, 6.07) is 12.8. The van der Waals surface area contributed by atoms with E-state index in [4.69, 9.17) is 0 Å². The minimum absolute atomic E-state index is 0.103. The van der Waals surface area contributed by atoms with Gasteiger partial charge in [0.25, 0.3) is 0 Å². The van der Waals surface area contributed by atoms with Gasteiger partial charge in [-0.25, -0.2) is 0 Å². The van der Waals surface area contributed by atoms with E-state index in [0.717, 1.165) is 19.4 Å². The number of hydrogen-bond acceptors (Lipinski definition) is 3. The molecule has 0 aromatic heterocycles. The molecule has 1 aromatic rings. The fraction of sp³-hybridized carbons (Fsp3) is 0.467. The molecular formula is C15H16N2O. The van der Waals surface area contributed by atoms with Gasteiger partial charge in [-0.1, -0.05) is 30.3 Å². The first kappa shape index (κ1) is 11.4. The molecule has 0 amide bonds. The van der Waals surface area contributed by atoms with Crippen LogP contribution in [0.25, 0.3) is 0 Å². The first-order chi connectivity index (χ1) is 8.79. The lowest BCUT2D eigenvalue weighted by molar-refractivity contribution is -0.127. The smallest absolute Gasteiger partial charge is 0.151 e. The highest BCUT2D eigenvalue weighted by atomic mass is 16.1. The molecule has 1 aromatic carbocycles. The molecule has 3 heteroatoms. The predicted octanol–water partition coefficient (Wildman–Crippen LogP) is 2.13. The lowest BCUT2D eigenvalue weighted by Crippen LogP contribution is -2.46. The highest BCUT2D eigenvalue weighted by Crippen LogP contribution is 2.38. The fourth-order valence-corrected chi connectivity index (χ4v) is 3.31. The Balaban J connectivity index is 1.84. The second-order valence-electron chi connectivity index (χ2n) is 5.23. The summed E-state index contributed by atoms with van der Waals surface area (Å²) in [7, 11) is 0. The van der Waals surface area contributed by atoms with Crippen LogP contribution in [-0.2, 0) is 11.3 Å². The Kier molecular flexibility index (Phi) is 2.89. The van der Waals surface area contributed by atoms with Crippen LogP contribution in [-0.4, -0.2) is 22.8 Å². The third-order valence-corrected chi connectivity index (χ3v) is 4.16. The normalized spacial score (nSPS) is 31.3. The lowest BCUT2D eigenvalue weighted by Gasteiger charge is -2.33. The molecule has 3 rings (SSSR count). The van der Waals surface area contributed by atoms with Crippen LogP contribution in [0.3, 0.4) is 0 Å². The number of hydrogen-bond donors (Lipinski definition) is 0. The number of nitriles is 1. The molecule has 2 bridgehead atoms. The van der Waals surface area contributed by atoms with Crippen LogP contribution in [0.2, 0.25) is 0 Å². The SMILES string of the molecule is N#C[C@@H]1C[C@H]2CCC(=O)[C@@H]1N2Cc1ccccc1. The molecule has 0 aliphatic carbocycles. The van der Waals surface area contributed by atoms with Crippen LogP contribution in [0.1, 0.15) is 24.8 Å². The molecule has 18 heavy (non-hydrogen) atoms. The van der Waals surface area contributed by atoms with Crippen molar-refractivity contribution in [2.45, 2.75) is 37.9 Å². The molecule has 2 saturated heterocycles. The van der Waals surface area contributed by atoms with Crippen LogP contribution < -0.4 is 0 Å². The van der Waals surface area contributed by atoms with Gasteiger partial charge in [-0.15, -0.1) is 0 Å². The van der Waals surface area contributed by atoms with Gasteiger partial charge in [0.1, 0.15) is 0 Å². The van der Waals surface area contributed by atoms with Crippen molar-refractivity contribution >= 4 is 5.78 Å². The molecule has 3 nitrogen and oxygen atoms in total. The van der Waals surface area contributed by atoms with Crippen molar-refractivity contribution in [2.24, 2.45) is 5.92 Å². The topological polar surface area (TPSA) is 44.1 Å². The zero-order valence-corrected chi connectivity index (χ0v) is 10.2. The molecule has 0 unspecified atom stereocenters. The van der Waals surface area contributed by atoms with Gasteiger partial charge in [-0.2, -0.15) is 5.26 Å². The summed E-state index contributed by atoms with van der Waals surface area (Å²) < 4.78 is 0. The van der Waals surface area contributed by atoms with E-state index in [9.17, 15) is 10.1 Å². The Morgan fingerprint density at radius 2 is 2.11 bits per heavy atom. The van der Waals surface area contributed by atoms with E-state index in [0.29, 0.717) is 12.5 Å². The average molecular weight is 240 g/mol. The molecule has 2 fully saturated rings. The second kappa shape index (κ2) is 4.55. The van der Waals surface area contributed by atoms with E-state index in [1.807, 2.05) is 18.2 Å². The molecule has 2 aliphatic rings. The van der Waals surface area contributed by atoms with Crippen molar-refractivity contribution in [1.82, 2.24) is 4.90 Å². The van der Waals surface area contributed by atoms with E-state index >= 15 is 0 Å². The third-order valence-electron chi connectivity index (χ3n) is 4.16. The van der Waals surface area contributed by atoms with E-state index in [-0.39, 0.29) is 17.7 Å². The maximum absolute atomic E-state index is 12.0. The zero-order chi connectivity index (χ0) is 12.5. The Labute approximate surface area is 107 Å². The lowest BCUT2D eigenvalue weighted by atomic mass is 9.97. The van der Waals surface area contributed by atoms with Gasteiger partial charge in [-0.3, -0.25) is 9.69 Å². The van der Waals surface area contributed by atoms with Crippen molar-refractivity contribution < 1.29 is 4.79 Å². The van der Waals surface area contributed by atoms with Crippen LogP contribution in [0.15, 0.2) is 30.3 Å². The first-order valence-electron chi connectivity index (χ1n) is 6.51. The number of nitrogens with zero attached hydrogens (tertiary/aromatic N) is 2. The molecule has 0 spiro atoms. The number of piperidine rings is 1. The van der Waals surface area contributed by atoms with Gasteiger partial charge in [0.05, 0.1) is 18.0 Å². The van der Waals surface area contributed by atoms with E-state index < -0.39 is 0 Å². The predicted molar refractivity (Wildman–Crippen MR) is 67.5 cm³/mol. The largest absolute Gasteiger partial charge is 0.298 e. The van der Waals surface area contributed by atoms with Crippen molar-refractivity contribution in [1.29, 1.82) is 5.26 Å². The molecule has 0 radical (unpaired) electrons. The number of ketones is 1. The third kappa shape index (κ3) is 1.83. The van der Waals surface area contributed by atoms with Gasteiger partial charge >= 0.3 is 0 Å². The molecule has 0 N–H and O–H groups in total. The summed E-state index contributed by atoms with van der Waals surface area (Å²) in [6.07, 6.45) is 2.43. The van der Waals surface area contributed by atoms with Crippen molar-refractivity contribution in [3.63, 3.8) is 0 Å². The number of rotatable bonds is 2. The first-order valence-corrected chi connectivity index (χ1v) is 6.51. The average Bonchev–Trinajstić information content (AvgIpc) is 2.65. The Bertz CT molecular complexity index is 491. The molecule has 2 aliphatic heterocycles. The van der Waals surface area contributed by atoms with Gasteiger partial charge < -0.3 is 0 Å². The maximum Gasteiger partial charge on any atom is 0.151 e. The van der Waals surface area contributed by atoms with Gasteiger partial charge in [0.15, 0.2) is 5.78 Å². The van der Waals surface area contributed by atoms with Crippen LogP contribution >= 0.6 is 0 Å². The standard InChI is InChI=1S/C15H16N2O/c16-9-12-8-13-6-7-14(18)15(12)17(13)10-11-4-2-1-3-5-11/h1-5,12-13,15H,6-8,10H2/t12-,13+,15+/m0/s1. The minimum Gasteiger partial charge on any atom is -0.298 e. The highest BCUT2D eigenvalue weighted by Gasteiger charge is 2.47. The summed E-state index contributed by atoms with van der Waals surface area (Å²) >= 11 is 0. The molecule has 3 atom stereocenters. The Hall–Kier alpha value is -1.66. The quantitative estimate of drug-likeness (QED) is 0.795. The molecule has 0 saturated carbocycles. The molecular weight excluding hydrogens is 224 g/mol. The van der Waals surface area contributed by atoms with Gasteiger partial charge in [0.2, 0.25) is 0 Å². The number of carbonyl (C=O) groups excluding carboxylic acids is 1. The Morgan fingerprint density at radius 1 is 1.33 bits per heavy atom. The Morgan fingerprint density at radius 3 is 2.83 bits per heavy atom. The van der Waals surface area contributed by atoms with Crippen LogP contribution in [0.5, 0.6) is 0 Å². The summed E-state index contributed by atoms with van der Waals surface area (Å²) in [5.41, 5.74) is 1.22. The van der Waals surface area contributed by atoms with Crippen molar-refractivity contribution in [2.75, 3.05) is 0 Å². The second-order valence-corrected chi connectivity index (χ2v) is 5.23. The van der Waals surface area contributed by atoms with Gasteiger partial charge in [-0.05, 0) is 18.4 Å². The van der Waals surface area contributed by atoms with Crippen molar-refractivity contribution in [3.05, 3.63) is 35.9 Å². The highest BCUT2D eigenvalue weighted by molar-refractivity contribution is 5.86. The summed E-state index contributed by atoms with van der Waals surface area (Å²) in [4.78, 5) is 14.3. The van der Waals surface area contributed by atoms with E-state index in [1.165, 1.54) is 5.56 Å². The zero-order valence-electron chi connectivity index (χ0n) is 10.2. The summed E-state index contributed by atoms with van der Waals surface area (Å²) in [5.74, 6) is 0.153. The molecule has 2 heterocycles. The number of carbonyl (C=O) groups is 1. The number of Topliss-reactive ketones (excluding diaryl/α,β-unsaturated/α-hetero) is 1. The van der Waals surface area contributed by atoms with Crippen LogP contribution in [0, 0.1) is 17.2 Å². The minimum atomic E-state index is -0.158. The van der Waals surface area contributed by atoms with Crippen LogP contribution in [0.4, 0.5) is 0 Å². The number of fused-ring (bicyclic) bond motifs is 2. The van der Waals surface area contributed by atoms with E-state index in [2.05, 4.69) is 23.1 Å².